The van der Waals surface area contributed by atoms with Gasteiger partial charge < -0.3 is 10.0 Å². The zero-order chi connectivity index (χ0) is 15.4. The van der Waals surface area contributed by atoms with Gasteiger partial charge in [0.25, 0.3) is 0 Å². The third-order valence-corrected chi connectivity index (χ3v) is 4.88. The fourth-order valence-corrected chi connectivity index (χ4v) is 4.18. The van der Waals surface area contributed by atoms with Crippen LogP contribution in [0.25, 0.3) is 10.8 Å². The number of hydrogen-bond acceptors (Lipinski definition) is 2. The molecule has 0 fully saturated rings. The minimum absolute atomic E-state index is 0.0100. The molecule has 0 radical (unpaired) electrons. The number of rotatable bonds is 1. The van der Waals surface area contributed by atoms with Crippen molar-refractivity contribution < 1.29 is 5.11 Å². The molecule has 1 heterocycles. The van der Waals surface area contributed by atoms with Gasteiger partial charge in [-0.3, -0.25) is 0 Å². The highest BCUT2D eigenvalue weighted by Gasteiger charge is 2.41. The number of hydrogen-bond donors (Lipinski definition) is 1. The summed E-state index contributed by atoms with van der Waals surface area (Å²) in [5, 5.41) is 12.4. The van der Waals surface area contributed by atoms with Crippen molar-refractivity contribution >= 4 is 28.1 Å². The molecular formula is C18H22ClNO. The molecule has 1 N–H and O–H groups in total. The van der Waals surface area contributed by atoms with E-state index in [1.807, 2.05) is 24.3 Å². The standard InChI is InChI=1S/C18H22ClNO/c1-11-14(10-19)17-13-8-6-5-7-12(13)16(21)9-15(17)20(11)18(2,3)4/h5-9,11,14,21H,10H2,1-4H3/t11-,14+/m1/s1. The number of nitrogens with zero attached hydrogens (tertiary/aromatic N) is 1. The molecule has 2 nitrogen and oxygen atoms in total. The third-order valence-electron chi connectivity index (χ3n) is 4.55. The molecular weight excluding hydrogens is 282 g/mol. The first kappa shape index (κ1) is 14.5. The maximum atomic E-state index is 10.4. The molecule has 2 aromatic rings. The number of phenolic OH excluding ortho intramolecular Hbond substituents is 1. The molecule has 1 aliphatic heterocycles. The van der Waals surface area contributed by atoms with Crippen LogP contribution in [0, 0.1) is 0 Å². The van der Waals surface area contributed by atoms with E-state index < -0.39 is 0 Å². The first-order valence-corrected chi connectivity index (χ1v) is 7.99. The van der Waals surface area contributed by atoms with E-state index in [2.05, 4.69) is 38.7 Å². The van der Waals surface area contributed by atoms with Gasteiger partial charge in [0.05, 0.1) is 0 Å². The highest BCUT2D eigenvalue weighted by molar-refractivity contribution is 6.19. The Labute approximate surface area is 131 Å². The van der Waals surface area contributed by atoms with Gasteiger partial charge in [-0.05, 0) is 38.6 Å². The van der Waals surface area contributed by atoms with Crippen LogP contribution in [0.4, 0.5) is 5.69 Å². The van der Waals surface area contributed by atoms with Crippen LogP contribution < -0.4 is 4.90 Å². The van der Waals surface area contributed by atoms with E-state index in [0.717, 1.165) is 16.5 Å². The zero-order valence-electron chi connectivity index (χ0n) is 13.0. The van der Waals surface area contributed by atoms with Gasteiger partial charge in [0.2, 0.25) is 0 Å². The molecule has 2 atom stereocenters. The van der Waals surface area contributed by atoms with E-state index in [1.165, 1.54) is 5.56 Å². The Morgan fingerprint density at radius 2 is 1.81 bits per heavy atom. The van der Waals surface area contributed by atoms with E-state index >= 15 is 0 Å². The number of anilines is 1. The van der Waals surface area contributed by atoms with Crippen molar-refractivity contribution in [1.29, 1.82) is 0 Å². The van der Waals surface area contributed by atoms with Gasteiger partial charge in [-0.25, -0.2) is 0 Å². The van der Waals surface area contributed by atoms with Crippen LogP contribution >= 0.6 is 11.6 Å². The van der Waals surface area contributed by atoms with Gasteiger partial charge in [0.1, 0.15) is 5.75 Å². The van der Waals surface area contributed by atoms with Crippen LogP contribution in [-0.2, 0) is 0 Å². The van der Waals surface area contributed by atoms with E-state index in [4.69, 9.17) is 11.6 Å². The summed E-state index contributed by atoms with van der Waals surface area (Å²) in [6.45, 7) is 8.84. The lowest BCUT2D eigenvalue weighted by Crippen LogP contribution is -2.46. The maximum absolute atomic E-state index is 10.4. The monoisotopic (exact) mass is 303 g/mol. The Balaban J connectivity index is 2.36. The molecule has 2 aromatic carbocycles. The van der Waals surface area contributed by atoms with E-state index in [1.54, 1.807) is 0 Å². The molecule has 0 unspecified atom stereocenters. The van der Waals surface area contributed by atoms with Crippen LogP contribution in [0.1, 0.15) is 39.2 Å². The highest BCUT2D eigenvalue weighted by atomic mass is 35.5. The molecule has 0 amide bonds. The second-order valence-corrected chi connectivity index (χ2v) is 7.22. The molecule has 0 bridgehead atoms. The lowest BCUT2D eigenvalue weighted by molar-refractivity contribution is 0.445. The first-order chi connectivity index (χ1) is 9.86. The molecule has 0 aliphatic carbocycles. The van der Waals surface area contributed by atoms with Gasteiger partial charge >= 0.3 is 0 Å². The van der Waals surface area contributed by atoms with E-state index in [-0.39, 0.29) is 11.5 Å². The topological polar surface area (TPSA) is 23.5 Å². The average Bonchev–Trinajstić information content (AvgIpc) is 2.70. The summed E-state index contributed by atoms with van der Waals surface area (Å²) in [4.78, 5) is 2.39. The molecule has 0 saturated carbocycles. The summed E-state index contributed by atoms with van der Waals surface area (Å²) in [7, 11) is 0. The fraction of sp³-hybridized carbons (Fsp3) is 0.444. The minimum Gasteiger partial charge on any atom is -0.507 e. The largest absolute Gasteiger partial charge is 0.507 e. The summed E-state index contributed by atoms with van der Waals surface area (Å²) < 4.78 is 0. The van der Waals surface area contributed by atoms with E-state index in [9.17, 15) is 5.11 Å². The lowest BCUT2D eigenvalue weighted by Gasteiger charge is -2.39. The third kappa shape index (κ3) is 2.08. The summed E-state index contributed by atoms with van der Waals surface area (Å²) >= 11 is 6.30. The summed E-state index contributed by atoms with van der Waals surface area (Å²) in [6, 6.07) is 10.3. The summed E-state index contributed by atoms with van der Waals surface area (Å²) in [6.07, 6.45) is 0. The number of fused-ring (bicyclic) bond motifs is 3. The van der Waals surface area contributed by atoms with Crippen molar-refractivity contribution in [2.75, 3.05) is 10.8 Å². The Morgan fingerprint density at radius 1 is 1.19 bits per heavy atom. The molecule has 0 saturated heterocycles. The van der Waals surface area contributed by atoms with Crippen molar-refractivity contribution in [3.63, 3.8) is 0 Å². The number of phenols is 1. The number of halogens is 1. The van der Waals surface area contributed by atoms with Crippen LogP contribution in [-0.4, -0.2) is 22.6 Å². The van der Waals surface area contributed by atoms with Crippen LogP contribution in [0.5, 0.6) is 5.75 Å². The molecule has 112 valence electrons. The van der Waals surface area contributed by atoms with Crippen LogP contribution in [0.15, 0.2) is 30.3 Å². The van der Waals surface area contributed by atoms with Crippen LogP contribution in [0.2, 0.25) is 0 Å². The average molecular weight is 304 g/mol. The Kier molecular flexibility index (Phi) is 3.32. The van der Waals surface area contributed by atoms with Crippen molar-refractivity contribution in [2.45, 2.75) is 45.2 Å². The normalized spacial score (nSPS) is 21.9. The second kappa shape index (κ2) is 4.81. The fourth-order valence-electron chi connectivity index (χ4n) is 3.77. The zero-order valence-corrected chi connectivity index (χ0v) is 13.8. The molecule has 3 heteroatoms. The Hall–Kier alpha value is -1.41. The SMILES string of the molecule is C[C@@H]1[C@H](CCl)c2c(cc(O)c3ccccc23)N1C(C)(C)C. The number of benzene rings is 2. The Morgan fingerprint density at radius 3 is 2.38 bits per heavy atom. The van der Waals surface area contributed by atoms with Crippen LogP contribution in [0.3, 0.4) is 0 Å². The van der Waals surface area contributed by atoms with Gasteiger partial charge in [0.15, 0.2) is 0 Å². The minimum atomic E-state index is -0.0100. The quantitative estimate of drug-likeness (QED) is 0.759. The number of aromatic hydroxyl groups is 1. The smallest absolute Gasteiger partial charge is 0.125 e. The predicted octanol–water partition coefficient (Wildman–Crippen LogP) is 4.87. The highest BCUT2D eigenvalue weighted by Crippen LogP contribution is 2.50. The number of alkyl halides is 1. The van der Waals surface area contributed by atoms with Crippen molar-refractivity contribution in [3.8, 4) is 5.75 Å². The molecule has 1 aliphatic rings. The molecule has 3 rings (SSSR count). The van der Waals surface area contributed by atoms with Gasteiger partial charge in [-0.15, -0.1) is 11.6 Å². The Bertz CT molecular complexity index is 689. The second-order valence-electron chi connectivity index (χ2n) is 6.92. The maximum Gasteiger partial charge on any atom is 0.125 e. The van der Waals surface area contributed by atoms with E-state index in [0.29, 0.717) is 17.7 Å². The molecule has 0 spiro atoms. The van der Waals surface area contributed by atoms with Crippen molar-refractivity contribution in [1.82, 2.24) is 0 Å². The van der Waals surface area contributed by atoms with Gasteiger partial charge in [-0.1, -0.05) is 24.3 Å². The molecule has 21 heavy (non-hydrogen) atoms. The van der Waals surface area contributed by atoms with Crippen molar-refractivity contribution in [3.05, 3.63) is 35.9 Å². The predicted molar refractivity (Wildman–Crippen MR) is 90.8 cm³/mol. The first-order valence-electron chi connectivity index (χ1n) is 7.46. The van der Waals surface area contributed by atoms with Gasteiger partial charge in [0, 0.05) is 40.5 Å². The molecule has 0 aromatic heterocycles. The van der Waals surface area contributed by atoms with Gasteiger partial charge in [-0.2, -0.15) is 0 Å². The summed E-state index contributed by atoms with van der Waals surface area (Å²) in [5.74, 6) is 1.22. The lowest BCUT2D eigenvalue weighted by atomic mass is 9.92. The summed E-state index contributed by atoms with van der Waals surface area (Å²) in [5.41, 5.74) is 2.39. The van der Waals surface area contributed by atoms with Crippen molar-refractivity contribution in [2.24, 2.45) is 0 Å².